The zero-order valence-electron chi connectivity index (χ0n) is 9.33. The van der Waals surface area contributed by atoms with Crippen LogP contribution in [0, 0.1) is 12.2 Å². The molecule has 0 unspecified atom stereocenters. The van der Waals surface area contributed by atoms with Gasteiger partial charge < -0.3 is 15.1 Å². The van der Waals surface area contributed by atoms with E-state index in [2.05, 4.69) is 6.04 Å². The summed E-state index contributed by atoms with van der Waals surface area (Å²) in [6, 6.07) is 2.71. The summed E-state index contributed by atoms with van der Waals surface area (Å²) < 4.78 is 0. The molecule has 1 rings (SSSR count). The van der Waals surface area contributed by atoms with Crippen LogP contribution in [0.15, 0.2) is 0 Å². The van der Waals surface area contributed by atoms with E-state index in [1.54, 1.807) is 0 Å². The lowest BCUT2D eigenvalue weighted by atomic mass is 9.79. The van der Waals surface area contributed by atoms with Crippen LogP contribution in [0.5, 0.6) is 0 Å². The van der Waals surface area contributed by atoms with Gasteiger partial charge in [-0.2, -0.15) is 0 Å². The van der Waals surface area contributed by atoms with Gasteiger partial charge in [0.2, 0.25) is 0 Å². The van der Waals surface area contributed by atoms with Crippen LogP contribution >= 0.6 is 0 Å². The lowest BCUT2D eigenvalue weighted by Crippen LogP contribution is -2.59. The molecule has 80 valence electrons. The molecule has 0 aromatic heterocycles. The number of aliphatic hydroxyl groups excluding tert-OH is 2. The standard InChI is InChI=1S/C11H19NO2/c1-10(2)7-9(14)8-11(3,4)12(10)5-6-13/h9,13-14H,7-8H2,1-4H3. The normalized spacial score (nSPS) is 25.4. The number of aliphatic hydroxyl groups is 2. The molecule has 0 saturated carbocycles. The molecule has 1 aliphatic rings. The highest BCUT2D eigenvalue weighted by atomic mass is 16.3. The van der Waals surface area contributed by atoms with E-state index in [9.17, 15) is 5.11 Å². The highest BCUT2D eigenvalue weighted by Crippen LogP contribution is 2.37. The van der Waals surface area contributed by atoms with Crippen LogP contribution in [-0.2, 0) is 0 Å². The Labute approximate surface area is 85.7 Å². The van der Waals surface area contributed by atoms with E-state index >= 15 is 0 Å². The van der Waals surface area contributed by atoms with Gasteiger partial charge in [-0.25, -0.2) is 0 Å². The monoisotopic (exact) mass is 197 g/mol. The van der Waals surface area contributed by atoms with Crippen molar-refractivity contribution in [2.45, 2.75) is 57.7 Å². The predicted molar refractivity (Wildman–Crippen MR) is 54.9 cm³/mol. The Hall–Kier alpha value is -0.880. The first-order chi connectivity index (χ1) is 6.29. The molecular weight excluding hydrogens is 178 g/mol. The Morgan fingerprint density at radius 2 is 1.57 bits per heavy atom. The molecule has 0 amide bonds. The van der Waals surface area contributed by atoms with Crippen molar-refractivity contribution in [3.63, 3.8) is 0 Å². The van der Waals surface area contributed by atoms with Crippen LogP contribution in [0.3, 0.4) is 0 Å². The predicted octanol–water partition coefficient (Wildman–Crippen LogP) is 1.29. The fourth-order valence-corrected chi connectivity index (χ4v) is 2.58. The highest BCUT2D eigenvalue weighted by molar-refractivity contribution is 5.09. The summed E-state index contributed by atoms with van der Waals surface area (Å²) in [6.45, 7) is 8.12. The molecule has 14 heavy (non-hydrogen) atoms. The fourth-order valence-electron chi connectivity index (χ4n) is 2.58. The summed E-state index contributed by atoms with van der Waals surface area (Å²) >= 11 is 0. The van der Waals surface area contributed by atoms with Gasteiger partial charge in [0.25, 0.3) is 0 Å². The topological polar surface area (TPSA) is 43.7 Å². The van der Waals surface area contributed by atoms with Crippen molar-refractivity contribution in [3.8, 4) is 12.2 Å². The zero-order chi connectivity index (χ0) is 11.0. The van der Waals surface area contributed by atoms with Crippen molar-refractivity contribution in [1.29, 1.82) is 0 Å². The third-order valence-corrected chi connectivity index (χ3v) is 2.84. The molecular formula is C11H19NO2. The first-order valence-corrected chi connectivity index (χ1v) is 4.93. The van der Waals surface area contributed by atoms with Gasteiger partial charge in [0.05, 0.1) is 12.1 Å². The van der Waals surface area contributed by atoms with Gasteiger partial charge in [-0.3, -0.25) is 0 Å². The van der Waals surface area contributed by atoms with E-state index in [1.807, 2.05) is 38.7 Å². The van der Waals surface area contributed by atoms with Gasteiger partial charge in [-0.05, 0) is 40.5 Å². The van der Waals surface area contributed by atoms with Crippen molar-refractivity contribution in [2.75, 3.05) is 0 Å². The third-order valence-electron chi connectivity index (χ3n) is 2.84. The molecule has 0 aliphatic carbocycles. The molecule has 0 atom stereocenters. The molecule has 1 aliphatic heterocycles. The minimum absolute atomic E-state index is 0.198. The van der Waals surface area contributed by atoms with Crippen molar-refractivity contribution in [2.24, 2.45) is 0 Å². The Balaban J connectivity index is 3.00. The number of rotatable bonds is 0. The number of hydrogen-bond donors (Lipinski definition) is 2. The molecule has 3 heteroatoms. The number of piperidine rings is 1. The van der Waals surface area contributed by atoms with E-state index in [0.717, 1.165) is 0 Å². The van der Waals surface area contributed by atoms with E-state index in [-0.39, 0.29) is 17.2 Å². The van der Waals surface area contributed by atoms with Crippen LogP contribution in [-0.4, -0.2) is 32.3 Å². The van der Waals surface area contributed by atoms with Crippen LogP contribution < -0.4 is 0 Å². The average Bonchev–Trinajstić information content (AvgIpc) is 1.94. The van der Waals surface area contributed by atoms with Gasteiger partial charge in [0.15, 0.2) is 0 Å². The second-order valence-corrected chi connectivity index (χ2v) is 5.25. The number of hydrogen-bond acceptors (Lipinski definition) is 3. The van der Waals surface area contributed by atoms with Crippen LogP contribution in [0.25, 0.3) is 0 Å². The van der Waals surface area contributed by atoms with Crippen molar-refractivity contribution >= 4 is 0 Å². The Morgan fingerprint density at radius 3 is 1.93 bits per heavy atom. The lowest BCUT2D eigenvalue weighted by molar-refractivity contribution is -0.0435. The molecule has 0 bridgehead atoms. The molecule has 0 spiro atoms. The molecule has 0 aromatic carbocycles. The van der Waals surface area contributed by atoms with Gasteiger partial charge in [0, 0.05) is 11.1 Å². The van der Waals surface area contributed by atoms with E-state index < -0.39 is 0 Å². The smallest absolute Gasteiger partial charge is 0.131 e. The SMILES string of the molecule is CC1(C)CC(O)CC(C)(C)N1C#CO. The summed E-state index contributed by atoms with van der Waals surface area (Å²) in [5.41, 5.74) is -0.395. The van der Waals surface area contributed by atoms with Gasteiger partial charge in [-0.15, -0.1) is 0 Å². The Kier molecular flexibility index (Phi) is 2.69. The minimum Gasteiger partial charge on any atom is -0.461 e. The third kappa shape index (κ3) is 1.96. The van der Waals surface area contributed by atoms with Crippen LogP contribution in [0.2, 0.25) is 0 Å². The first kappa shape index (κ1) is 11.2. The molecule has 1 heterocycles. The maximum Gasteiger partial charge on any atom is 0.131 e. The van der Waals surface area contributed by atoms with Gasteiger partial charge in [0.1, 0.15) is 6.11 Å². The summed E-state index contributed by atoms with van der Waals surface area (Å²) in [4.78, 5) is 1.94. The van der Waals surface area contributed by atoms with E-state index in [0.29, 0.717) is 12.8 Å². The fraction of sp³-hybridized carbons (Fsp3) is 0.818. The van der Waals surface area contributed by atoms with E-state index in [1.165, 1.54) is 0 Å². The average molecular weight is 197 g/mol. The lowest BCUT2D eigenvalue weighted by Gasteiger charge is -2.52. The quantitative estimate of drug-likeness (QED) is 0.575. The van der Waals surface area contributed by atoms with Crippen LogP contribution in [0.1, 0.15) is 40.5 Å². The number of likely N-dealkylation sites (tertiary alicyclic amines) is 1. The maximum atomic E-state index is 9.73. The molecule has 3 nitrogen and oxygen atoms in total. The maximum absolute atomic E-state index is 9.73. The van der Waals surface area contributed by atoms with Crippen molar-refractivity contribution in [3.05, 3.63) is 0 Å². The molecule has 1 saturated heterocycles. The van der Waals surface area contributed by atoms with Crippen molar-refractivity contribution in [1.82, 2.24) is 4.90 Å². The molecule has 0 aromatic rings. The zero-order valence-corrected chi connectivity index (χ0v) is 9.33. The second kappa shape index (κ2) is 3.36. The summed E-state index contributed by atoms with van der Waals surface area (Å²) in [5, 5.41) is 18.4. The largest absolute Gasteiger partial charge is 0.461 e. The van der Waals surface area contributed by atoms with Gasteiger partial charge in [-0.1, -0.05) is 0 Å². The van der Waals surface area contributed by atoms with Crippen LogP contribution in [0.4, 0.5) is 0 Å². The van der Waals surface area contributed by atoms with Crippen molar-refractivity contribution < 1.29 is 10.2 Å². The first-order valence-electron chi connectivity index (χ1n) is 4.93. The minimum atomic E-state index is -0.281. The Morgan fingerprint density at radius 1 is 1.14 bits per heavy atom. The highest BCUT2D eigenvalue weighted by Gasteiger charge is 2.43. The Bertz CT molecular complexity index is 255. The van der Waals surface area contributed by atoms with E-state index in [4.69, 9.17) is 5.11 Å². The molecule has 0 radical (unpaired) electrons. The summed E-state index contributed by atoms with van der Waals surface area (Å²) in [6.07, 6.45) is 3.05. The molecule has 2 N–H and O–H groups in total. The second-order valence-electron chi connectivity index (χ2n) is 5.25. The van der Waals surface area contributed by atoms with Gasteiger partial charge >= 0.3 is 0 Å². The molecule has 1 fully saturated rings. The summed E-state index contributed by atoms with van der Waals surface area (Å²) in [7, 11) is 0. The summed E-state index contributed by atoms with van der Waals surface area (Å²) in [5.74, 6) is 0. The number of nitrogens with zero attached hydrogens (tertiary/aromatic N) is 1.